The Bertz CT molecular complexity index is 322. The summed E-state index contributed by atoms with van der Waals surface area (Å²) in [6.07, 6.45) is 6.58. The van der Waals surface area contributed by atoms with E-state index in [1.54, 1.807) is 0 Å². The number of carboxylic acids is 1. The van der Waals surface area contributed by atoms with Gasteiger partial charge >= 0.3 is 5.97 Å². The molecule has 1 aliphatic rings. The third-order valence-corrected chi connectivity index (χ3v) is 2.74. The average Bonchev–Trinajstić information content (AvgIpc) is 2.28. The molecule has 0 aromatic heterocycles. The van der Waals surface area contributed by atoms with E-state index in [0.717, 1.165) is 0 Å². The molecule has 0 spiro atoms. The fraction of sp³-hybridized carbons (Fsp3) is 0.636. The molecule has 16 heavy (non-hydrogen) atoms. The summed E-state index contributed by atoms with van der Waals surface area (Å²) in [5.74, 6) is 0.752. The Balaban J connectivity index is 2.57. The fourth-order valence-electron chi connectivity index (χ4n) is 1.83. The predicted octanol–water partition coefficient (Wildman–Crippen LogP) is -0.340. The fourth-order valence-corrected chi connectivity index (χ4v) is 1.83. The Kier molecular flexibility index (Phi) is 4.32. The molecule has 1 aliphatic heterocycles. The molecule has 0 aromatic carbocycles. The predicted molar refractivity (Wildman–Crippen MR) is 58.4 cm³/mol. The average molecular weight is 224 g/mol. The van der Waals surface area contributed by atoms with Gasteiger partial charge < -0.3 is 15.7 Å². The summed E-state index contributed by atoms with van der Waals surface area (Å²) in [5, 5.41) is 8.88. The number of nitrogens with zero attached hydrogens (tertiary/aromatic N) is 1. The van der Waals surface area contributed by atoms with Gasteiger partial charge in [-0.15, -0.1) is 12.3 Å². The summed E-state index contributed by atoms with van der Waals surface area (Å²) in [4.78, 5) is 24.1. The van der Waals surface area contributed by atoms with Crippen molar-refractivity contribution >= 4 is 11.9 Å². The van der Waals surface area contributed by atoms with Gasteiger partial charge in [0, 0.05) is 19.5 Å². The van der Waals surface area contributed by atoms with E-state index < -0.39 is 17.9 Å². The summed E-state index contributed by atoms with van der Waals surface area (Å²) in [5.41, 5.74) is 5.60. The number of hydrogen-bond donors (Lipinski definition) is 2. The van der Waals surface area contributed by atoms with Crippen LogP contribution in [0.5, 0.6) is 0 Å². The Labute approximate surface area is 94.6 Å². The van der Waals surface area contributed by atoms with Crippen LogP contribution in [0.25, 0.3) is 0 Å². The molecular weight excluding hydrogens is 208 g/mol. The lowest BCUT2D eigenvalue weighted by atomic mass is 9.97. The van der Waals surface area contributed by atoms with Crippen LogP contribution in [0.15, 0.2) is 0 Å². The first-order valence-corrected chi connectivity index (χ1v) is 5.27. The summed E-state index contributed by atoms with van der Waals surface area (Å²) >= 11 is 0. The number of amides is 1. The highest BCUT2D eigenvalue weighted by atomic mass is 16.4. The zero-order valence-electron chi connectivity index (χ0n) is 9.06. The summed E-state index contributed by atoms with van der Waals surface area (Å²) in [6.45, 7) is 0.813. The van der Waals surface area contributed by atoms with Gasteiger partial charge in [-0.2, -0.15) is 0 Å². The number of hydrogen-bond acceptors (Lipinski definition) is 3. The van der Waals surface area contributed by atoms with Crippen molar-refractivity contribution in [3.05, 3.63) is 0 Å². The van der Waals surface area contributed by atoms with Gasteiger partial charge in [0.15, 0.2) is 0 Å². The van der Waals surface area contributed by atoms with Crippen LogP contribution in [0.3, 0.4) is 0 Å². The molecule has 1 unspecified atom stereocenters. The molecule has 1 heterocycles. The molecule has 0 bridgehead atoms. The number of carbonyl (C=O) groups excluding carboxylic acids is 1. The first kappa shape index (κ1) is 12.5. The van der Waals surface area contributed by atoms with E-state index in [-0.39, 0.29) is 18.9 Å². The highest BCUT2D eigenvalue weighted by Gasteiger charge is 2.29. The standard InChI is InChI=1S/C11H16N2O3/c1-2-4-9(12)10(14)13-6-3-5-8(7-13)11(15)16/h1,8-9H,3-7,12H2,(H,15,16)/t8-,9?/m1/s1. The Morgan fingerprint density at radius 1 is 1.62 bits per heavy atom. The Morgan fingerprint density at radius 3 is 2.88 bits per heavy atom. The Hall–Kier alpha value is -1.54. The molecule has 2 atom stereocenters. The number of carbonyl (C=O) groups is 2. The number of piperidine rings is 1. The normalized spacial score (nSPS) is 22.2. The molecule has 0 saturated carbocycles. The van der Waals surface area contributed by atoms with Gasteiger partial charge in [-0.3, -0.25) is 9.59 Å². The van der Waals surface area contributed by atoms with E-state index in [2.05, 4.69) is 5.92 Å². The molecule has 1 fully saturated rings. The van der Waals surface area contributed by atoms with Crippen molar-refractivity contribution in [2.24, 2.45) is 11.7 Å². The zero-order chi connectivity index (χ0) is 12.1. The Morgan fingerprint density at radius 2 is 2.31 bits per heavy atom. The molecule has 88 valence electrons. The third-order valence-electron chi connectivity index (χ3n) is 2.74. The lowest BCUT2D eigenvalue weighted by Crippen LogP contribution is -2.49. The number of terminal acetylenes is 1. The van der Waals surface area contributed by atoms with E-state index in [1.807, 2.05) is 0 Å². The van der Waals surface area contributed by atoms with E-state index in [4.69, 9.17) is 17.3 Å². The van der Waals surface area contributed by atoms with E-state index in [1.165, 1.54) is 4.90 Å². The van der Waals surface area contributed by atoms with Crippen LogP contribution in [0.1, 0.15) is 19.3 Å². The molecule has 1 rings (SSSR count). The lowest BCUT2D eigenvalue weighted by Gasteiger charge is -2.32. The molecule has 0 aliphatic carbocycles. The monoisotopic (exact) mass is 224 g/mol. The van der Waals surface area contributed by atoms with Crippen molar-refractivity contribution in [3.63, 3.8) is 0 Å². The van der Waals surface area contributed by atoms with Crippen LogP contribution in [-0.2, 0) is 9.59 Å². The minimum Gasteiger partial charge on any atom is -0.481 e. The summed E-state index contributed by atoms with van der Waals surface area (Å²) < 4.78 is 0. The van der Waals surface area contributed by atoms with Crippen LogP contribution in [-0.4, -0.2) is 41.0 Å². The quantitative estimate of drug-likeness (QED) is 0.642. The number of carboxylic acid groups (broad SMARTS) is 1. The minimum absolute atomic E-state index is 0.188. The zero-order valence-corrected chi connectivity index (χ0v) is 9.06. The van der Waals surface area contributed by atoms with Crippen molar-refractivity contribution in [2.75, 3.05) is 13.1 Å². The van der Waals surface area contributed by atoms with Gasteiger partial charge in [-0.05, 0) is 12.8 Å². The molecule has 1 saturated heterocycles. The molecule has 5 nitrogen and oxygen atoms in total. The topological polar surface area (TPSA) is 83.6 Å². The second-order valence-electron chi connectivity index (χ2n) is 3.98. The molecule has 5 heteroatoms. The SMILES string of the molecule is C#CCC(N)C(=O)N1CCC[C@@H](C(=O)O)C1. The molecular formula is C11H16N2O3. The minimum atomic E-state index is -0.858. The second kappa shape index (κ2) is 5.52. The van der Waals surface area contributed by atoms with Gasteiger partial charge in [-0.25, -0.2) is 0 Å². The van der Waals surface area contributed by atoms with Crippen LogP contribution in [0.2, 0.25) is 0 Å². The maximum absolute atomic E-state index is 11.8. The smallest absolute Gasteiger partial charge is 0.308 e. The first-order chi connectivity index (χ1) is 7.56. The van der Waals surface area contributed by atoms with Crippen molar-refractivity contribution in [1.82, 2.24) is 4.90 Å². The van der Waals surface area contributed by atoms with Crippen molar-refractivity contribution in [2.45, 2.75) is 25.3 Å². The first-order valence-electron chi connectivity index (χ1n) is 5.27. The maximum atomic E-state index is 11.8. The molecule has 3 N–H and O–H groups in total. The van der Waals surface area contributed by atoms with Crippen molar-refractivity contribution in [1.29, 1.82) is 0 Å². The second-order valence-corrected chi connectivity index (χ2v) is 3.98. The van der Waals surface area contributed by atoms with Crippen LogP contribution < -0.4 is 5.73 Å². The molecule has 0 radical (unpaired) electrons. The van der Waals surface area contributed by atoms with Crippen LogP contribution in [0, 0.1) is 18.3 Å². The van der Waals surface area contributed by atoms with Crippen molar-refractivity contribution in [3.8, 4) is 12.3 Å². The highest BCUT2D eigenvalue weighted by Crippen LogP contribution is 2.17. The lowest BCUT2D eigenvalue weighted by molar-refractivity contribution is -0.146. The van der Waals surface area contributed by atoms with Gasteiger partial charge in [0.2, 0.25) is 5.91 Å². The van der Waals surface area contributed by atoms with Gasteiger partial charge in [0.05, 0.1) is 12.0 Å². The van der Waals surface area contributed by atoms with E-state index >= 15 is 0 Å². The van der Waals surface area contributed by atoms with E-state index in [0.29, 0.717) is 19.4 Å². The van der Waals surface area contributed by atoms with Gasteiger partial charge in [-0.1, -0.05) is 0 Å². The number of likely N-dealkylation sites (tertiary alicyclic amines) is 1. The van der Waals surface area contributed by atoms with Gasteiger partial charge in [0.25, 0.3) is 0 Å². The van der Waals surface area contributed by atoms with Crippen molar-refractivity contribution < 1.29 is 14.7 Å². The third kappa shape index (κ3) is 2.97. The van der Waals surface area contributed by atoms with E-state index in [9.17, 15) is 9.59 Å². The molecule has 0 aromatic rings. The van der Waals surface area contributed by atoms with Crippen LogP contribution >= 0.6 is 0 Å². The maximum Gasteiger partial charge on any atom is 0.308 e. The summed E-state index contributed by atoms with van der Waals surface area (Å²) in [7, 11) is 0. The summed E-state index contributed by atoms with van der Waals surface area (Å²) in [6, 6.07) is -0.711. The van der Waals surface area contributed by atoms with Crippen LogP contribution in [0.4, 0.5) is 0 Å². The molecule has 1 amide bonds. The largest absolute Gasteiger partial charge is 0.481 e. The number of rotatable bonds is 3. The number of aliphatic carboxylic acids is 1. The van der Waals surface area contributed by atoms with Gasteiger partial charge in [0.1, 0.15) is 0 Å². The number of nitrogens with two attached hydrogens (primary N) is 1. The highest BCUT2D eigenvalue weighted by molar-refractivity contribution is 5.83.